The van der Waals surface area contributed by atoms with Crippen LogP contribution >= 0.6 is 0 Å². The van der Waals surface area contributed by atoms with Crippen LogP contribution in [0.5, 0.6) is 0 Å². The van der Waals surface area contributed by atoms with Crippen molar-refractivity contribution in [1.82, 2.24) is 16.0 Å². The van der Waals surface area contributed by atoms with Gasteiger partial charge in [-0.25, -0.2) is 9.59 Å². The lowest BCUT2D eigenvalue weighted by atomic mass is 9.79. The van der Waals surface area contributed by atoms with Gasteiger partial charge in [-0.1, -0.05) is 118 Å². The van der Waals surface area contributed by atoms with E-state index in [0.29, 0.717) is 23.1 Å². The first-order chi connectivity index (χ1) is 36.7. The number of hydrogen-bond donors (Lipinski definition) is 10. The molecule has 21 unspecified atom stereocenters. The molecule has 0 bridgehead atoms. The Morgan fingerprint density at radius 1 is 0.632 bits per heavy atom. The lowest BCUT2D eigenvalue weighted by Crippen LogP contribution is -2.69. The number of ether oxygens (including phenoxy) is 10. The molecule has 0 aromatic heterocycles. The van der Waals surface area contributed by atoms with Crippen LogP contribution in [0.3, 0.4) is 0 Å². The van der Waals surface area contributed by atoms with E-state index in [2.05, 4.69) is 16.0 Å². The molecule has 3 aromatic carbocycles. The second kappa shape index (κ2) is 26.6. The summed E-state index contributed by atoms with van der Waals surface area (Å²) in [6.45, 7) is 4.10. The first-order valence-corrected chi connectivity index (χ1v) is 25.9. The number of hydrogen-bond acceptors (Lipinski definition) is 20. The van der Waals surface area contributed by atoms with E-state index in [4.69, 9.17) is 47.4 Å². The number of amides is 3. The Hall–Kier alpha value is -4.93. The van der Waals surface area contributed by atoms with Gasteiger partial charge in [-0.3, -0.25) is 4.79 Å². The van der Waals surface area contributed by atoms with Gasteiger partial charge in [0.15, 0.2) is 25.2 Å². The van der Waals surface area contributed by atoms with Gasteiger partial charge < -0.3 is 99.1 Å². The summed E-state index contributed by atoms with van der Waals surface area (Å²) in [5.74, 6) is -1.43. The minimum absolute atomic E-state index is 0.0346. The van der Waals surface area contributed by atoms with Crippen LogP contribution in [0.15, 0.2) is 91.0 Å². The molecular weight excluding hydrogens is 999 g/mol. The summed E-state index contributed by atoms with van der Waals surface area (Å²) in [6.07, 6.45) is -25.1. The Morgan fingerprint density at radius 3 is 1.78 bits per heavy atom. The third kappa shape index (κ3) is 13.7. The van der Waals surface area contributed by atoms with Crippen LogP contribution in [0.25, 0.3) is 0 Å². The van der Waals surface area contributed by atoms with Crippen molar-refractivity contribution in [2.75, 3.05) is 13.2 Å². The smallest absolute Gasteiger partial charge is 0.407 e. The van der Waals surface area contributed by atoms with Gasteiger partial charge in [-0.2, -0.15) is 0 Å². The summed E-state index contributed by atoms with van der Waals surface area (Å²) in [5, 5.41) is 87.9. The molecule has 4 saturated heterocycles. The Morgan fingerprint density at radius 2 is 1.18 bits per heavy atom. The zero-order chi connectivity index (χ0) is 54.0. The number of fused-ring (bicyclic) bond motifs is 1. The van der Waals surface area contributed by atoms with Crippen molar-refractivity contribution in [3.63, 3.8) is 0 Å². The summed E-state index contributed by atoms with van der Waals surface area (Å²) >= 11 is 0. The molecule has 21 atom stereocenters. The third-order valence-electron chi connectivity index (χ3n) is 14.3. The van der Waals surface area contributed by atoms with E-state index < -0.39 is 153 Å². The van der Waals surface area contributed by atoms with Crippen molar-refractivity contribution < 1.29 is 97.5 Å². The molecule has 23 nitrogen and oxygen atoms in total. The molecule has 5 aliphatic rings. The highest BCUT2D eigenvalue weighted by Gasteiger charge is 2.57. The van der Waals surface area contributed by atoms with Crippen LogP contribution in [0.2, 0.25) is 0 Å². The van der Waals surface area contributed by atoms with E-state index in [1.54, 1.807) is 99.6 Å². The van der Waals surface area contributed by atoms with Gasteiger partial charge in [0.05, 0.1) is 31.5 Å². The van der Waals surface area contributed by atoms with E-state index in [0.717, 1.165) is 0 Å². The lowest BCUT2D eigenvalue weighted by molar-refractivity contribution is -0.360. The van der Waals surface area contributed by atoms with Gasteiger partial charge in [0.2, 0.25) is 5.91 Å². The number of rotatable bonds is 19. The molecule has 0 spiro atoms. The molecular formula is C53H71N3O20. The molecule has 1 saturated carbocycles. The van der Waals surface area contributed by atoms with Gasteiger partial charge in [0.25, 0.3) is 0 Å². The van der Waals surface area contributed by atoms with Gasteiger partial charge in [0, 0.05) is 5.56 Å². The SMILES string of the molecule is CCCC(O)C(=O)NC1CC(C)C(OC2OC3COC(c4ccccc4)OC3C(O)C2NC(=O)OCc2ccccc2)C(OC2OC(CO)C(OC3OC(CC)C(O)C(O)C3NC(=O)OCc3ccccc3)C2O)C1O. The topological polar surface area (TPSA) is 321 Å². The molecule has 76 heavy (non-hydrogen) atoms. The maximum Gasteiger partial charge on any atom is 0.407 e. The summed E-state index contributed by atoms with van der Waals surface area (Å²) in [4.78, 5) is 40.0. The Labute approximate surface area is 439 Å². The van der Waals surface area contributed by atoms with Gasteiger partial charge in [0.1, 0.15) is 92.4 Å². The molecule has 1 aliphatic carbocycles. The van der Waals surface area contributed by atoms with Crippen molar-refractivity contribution in [3.8, 4) is 0 Å². The summed E-state index contributed by atoms with van der Waals surface area (Å²) in [5.41, 5.74) is 2.03. The van der Waals surface area contributed by atoms with E-state index >= 15 is 0 Å². The monoisotopic (exact) mass is 1070 g/mol. The first-order valence-electron chi connectivity index (χ1n) is 25.9. The molecule has 4 aliphatic heterocycles. The number of alkyl carbamates (subject to hydrolysis) is 2. The second-order valence-electron chi connectivity index (χ2n) is 19.7. The standard InChI is InChI=1S/C53H71N3O20/c1-4-15-32(58)47(64)54-31-22-27(3)43(73-50-37(56-53(66)69-25-29-18-11-7-12-19-29)41(62)45-35(72-50)26-67-48(74-45)30-20-13-8-14-21-30)46(38(31)59)76-51-42(63)44(34(23-57)71-51)75-49-36(40(61)39(60)33(5-2)70-49)55-52(65)68-24-28-16-9-6-10-17-28/h6-14,16-21,27,31-46,48-51,57-63H,4-5,15,22-26H2,1-3H3,(H,54,64)(H,55,65)(H,56,66). The normalized spacial score (nSPS) is 36.8. The van der Waals surface area contributed by atoms with Crippen molar-refractivity contribution in [2.24, 2.45) is 5.92 Å². The number of aliphatic hydroxyl groups is 7. The quantitative estimate of drug-likeness (QED) is 0.0798. The van der Waals surface area contributed by atoms with E-state index in [9.17, 15) is 50.1 Å². The maximum absolute atomic E-state index is 13.6. The average Bonchev–Trinajstić information content (AvgIpc) is 3.76. The predicted molar refractivity (Wildman–Crippen MR) is 262 cm³/mol. The fourth-order valence-electron chi connectivity index (χ4n) is 10.2. The summed E-state index contributed by atoms with van der Waals surface area (Å²) < 4.78 is 61.3. The highest BCUT2D eigenvalue weighted by Crippen LogP contribution is 2.40. The van der Waals surface area contributed by atoms with Gasteiger partial charge in [-0.15, -0.1) is 0 Å². The maximum atomic E-state index is 13.6. The third-order valence-corrected chi connectivity index (χ3v) is 14.3. The highest BCUT2D eigenvalue weighted by atomic mass is 16.8. The molecule has 5 fully saturated rings. The number of nitrogens with one attached hydrogen (secondary N) is 3. The van der Waals surface area contributed by atoms with Crippen LogP contribution in [0.4, 0.5) is 9.59 Å². The zero-order valence-electron chi connectivity index (χ0n) is 42.4. The van der Waals surface area contributed by atoms with Crippen molar-refractivity contribution in [3.05, 3.63) is 108 Å². The first kappa shape index (κ1) is 57.3. The highest BCUT2D eigenvalue weighted by molar-refractivity contribution is 5.80. The van der Waals surface area contributed by atoms with Gasteiger partial charge in [-0.05, 0) is 36.3 Å². The van der Waals surface area contributed by atoms with Crippen molar-refractivity contribution >= 4 is 18.1 Å². The number of carbonyl (C=O) groups excluding carboxylic acids is 3. The van der Waals surface area contributed by atoms with Crippen LogP contribution in [0.1, 0.15) is 69.4 Å². The molecule has 8 rings (SSSR count). The van der Waals surface area contributed by atoms with E-state index in [1.165, 1.54) is 0 Å². The van der Waals surface area contributed by atoms with Crippen LogP contribution in [-0.2, 0) is 65.4 Å². The largest absolute Gasteiger partial charge is 0.445 e. The number of aliphatic hydroxyl groups excluding tert-OH is 7. The van der Waals surface area contributed by atoms with Crippen LogP contribution < -0.4 is 16.0 Å². The number of benzene rings is 3. The van der Waals surface area contributed by atoms with Crippen molar-refractivity contribution in [1.29, 1.82) is 0 Å². The van der Waals surface area contributed by atoms with E-state index in [-0.39, 0.29) is 39.1 Å². The average molecular weight is 1070 g/mol. The molecule has 3 aromatic rings. The molecule has 418 valence electrons. The van der Waals surface area contributed by atoms with E-state index in [1.807, 2.05) is 12.1 Å². The second-order valence-corrected chi connectivity index (χ2v) is 19.7. The lowest BCUT2D eigenvalue weighted by Gasteiger charge is -2.50. The van der Waals surface area contributed by atoms with Crippen LogP contribution in [-0.4, -0.2) is 183 Å². The fourth-order valence-corrected chi connectivity index (χ4v) is 10.2. The fraction of sp³-hybridized carbons (Fsp3) is 0.604. The molecule has 0 radical (unpaired) electrons. The molecule has 10 N–H and O–H groups in total. The Bertz CT molecular complexity index is 2290. The van der Waals surface area contributed by atoms with Crippen molar-refractivity contribution in [2.45, 2.75) is 182 Å². The Kier molecular flexibility index (Phi) is 20.0. The molecule has 4 heterocycles. The van der Waals surface area contributed by atoms with Crippen LogP contribution in [0, 0.1) is 5.92 Å². The minimum atomic E-state index is -1.81. The number of carbonyl (C=O) groups is 3. The van der Waals surface area contributed by atoms with Gasteiger partial charge >= 0.3 is 12.2 Å². The molecule has 3 amide bonds. The molecule has 23 heteroatoms. The predicted octanol–water partition coefficient (Wildman–Crippen LogP) is 0.913. The summed E-state index contributed by atoms with van der Waals surface area (Å²) in [6, 6.07) is 22.8. The summed E-state index contributed by atoms with van der Waals surface area (Å²) in [7, 11) is 0. The Balaban J connectivity index is 1.04. The zero-order valence-corrected chi connectivity index (χ0v) is 42.4. The minimum Gasteiger partial charge on any atom is -0.445 e.